The highest BCUT2D eigenvalue weighted by Crippen LogP contribution is 2.16. The van der Waals surface area contributed by atoms with Gasteiger partial charge in [0, 0.05) is 31.9 Å². The predicted octanol–water partition coefficient (Wildman–Crippen LogP) is -0.554. The number of amides is 1. The van der Waals surface area contributed by atoms with Crippen LogP contribution in [0.1, 0.15) is 25.0 Å². The zero-order valence-electron chi connectivity index (χ0n) is 12.5. The van der Waals surface area contributed by atoms with Gasteiger partial charge in [0.05, 0.1) is 6.04 Å². The van der Waals surface area contributed by atoms with E-state index in [0.717, 1.165) is 25.8 Å². The minimum atomic E-state index is -0.395. The molecule has 1 saturated heterocycles. The minimum absolute atomic E-state index is 0.000127. The molecular formula is C14H22N4O3. The van der Waals surface area contributed by atoms with Crippen LogP contribution in [0.4, 0.5) is 0 Å². The van der Waals surface area contributed by atoms with Gasteiger partial charge in [0.2, 0.25) is 5.91 Å². The molecule has 1 fully saturated rings. The lowest BCUT2D eigenvalue weighted by molar-refractivity contribution is -0.127. The number of nitrogens with one attached hydrogen (secondary N) is 2. The number of rotatable bonds is 4. The van der Waals surface area contributed by atoms with Crippen molar-refractivity contribution >= 4 is 5.91 Å². The van der Waals surface area contributed by atoms with Crippen LogP contribution in [0.2, 0.25) is 0 Å². The van der Waals surface area contributed by atoms with E-state index >= 15 is 0 Å². The van der Waals surface area contributed by atoms with Crippen molar-refractivity contribution in [2.75, 3.05) is 20.1 Å². The van der Waals surface area contributed by atoms with E-state index in [1.165, 1.54) is 10.6 Å². The number of aromatic amines is 1. The highest BCUT2D eigenvalue weighted by Gasteiger charge is 2.27. The molecule has 0 radical (unpaired) electrons. The molecule has 0 aliphatic carbocycles. The number of carbonyl (C=O) groups is 1. The fourth-order valence-corrected chi connectivity index (χ4v) is 2.80. The van der Waals surface area contributed by atoms with Crippen LogP contribution in [0.25, 0.3) is 0 Å². The lowest BCUT2D eigenvalue weighted by Crippen LogP contribution is -2.50. The Morgan fingerprint density at radius 2 is 2.14 bits per heavy atom. The lowest BCUT2D eigenvalue weighted by atomic mass is 10.0. The molecular weight excluding hydrogens is 272 g/mol. The van der Waals surface area contributed by atoms with Gasteiger partial charge in [-0.3, -0.25) is 19.1 Å². The van der Waals surface area contributed by atoms with Crippen LogP contribution in [0.15, 0.2) is 15.7 Å². The normalized spacial score (nSPS) is 19.4. The molecule has 0 unspecified atom stereocenters. The third-order valence-corrected chi connectivity index (χ3v) is 3.93. The maximum absolute atomic E-state index is 11.9. The molecule has 1 atom stereocenters. The Morgan fingerprint density at radius 3 is 2.81 bits per heavy atom. The van der Waals surface area contributed by atoms with Gasteiger partial charge >= 0.3 is 5.69 Å². The topological polar surface area (TPSA) is 87.2 Å². The van der Waals surface area contributed by atoms with Crippen LogP contribution in [0, 0.1) is 6.92 Å². The number of H-pyrrole nitrogens is 1. The molecule has 1 aliphatic heterocycles. The fourth-order valence-electron chi connectivity index (χ4n) is 2.80. The van der Waals surface area contributed by atoms with Crippen LogP contribution in [0.5, 0.6) is 0 Å². The first kappa shape index (κ1) is 15.5. The average molecular weight is 294 g/mol. The summed E-state index contributed by atoms with van der Waals surface area (Å²) < 4.78 is 1.18. The van der Waals surface area contributed by atoms with Crippen molar-refractivity contribution in [3.05, 3.63) is 32.6 Å². The molecule has 2 N–H and O–H groups in total. The summed E-state index contributed by atoms with van der Waals surface area (Å²) in [6.45, 7) is 3.31. The van der Waals surface area contributed by atoms with Crippen LogP contribution >= 0.6 is 0 Å². The molecule has 2 heterocycles. The van der Waals surface area contributed by atoms with Crippen LogP contribution in [-0.4, -0.2) is 46.5 Å². The van der Waals surface area contributed by atoms with Crippen molar-refractivity contribution in [2.24, 2.45) is 0 Å². The van der Waals surface area contributed by atoms with E-state index in [9.17, 15) is 14.4 Å². The summed E-state index contributed by atoms with van der Waals surface area (Å²) in [5.74, 6) is -0.000127. The van der Waals surface area contributed by atoms with E-state index in [1.54, 1.807) is 14.0 Å². The number of hydrogen-bond acceptors (Lipinski definition) is 4. The summed E-state index contributed by atoms with van der Waals surface area (Å²) in [5, 5.41) is 2.68. The molecule has 0 spiro atoms. The van der Waals surface area contributed by atoms with Gasteiger partial charge in [-0.2, -0.15) is 0 Å². The van der Waals surface area contributed by atoms with Gasteiger partial charge in [0.25, 0.3) is 5.56 Å². The Balaban J connectivity index is 2.09. The third kappa shape index (κ3) is 3.60. The zero-order chi connectivity index (χ0) is 15.4. The van der Waals surface area contributed by atoms with Crippen molar-refractivity contribution in [2.45, 2.75) is 38.8 Å². The smallest absolute Gasteiger partial charge is 0.328 e. The molecule has 0 saturated carbocycles. The predicted molar refractivity (Wildman–Crippen MR) is 79.3 cm³/mol. The highest BCUT2D eigenvalue weighted by atomic mass is 16.2. The van der Waals surface area contributed by atoms with E-state index in [0.29, 0.717) is 18.8 Å². The van der Waals surface area contributed by atoms with Gasteiger partial charge in [-0.15, -0.1) is 0 Å². The van der Waals surface area contributed by atoms with Crippen LogP contribution in [-0.2, 0) is 11.3 Å². The largest absolute Gasteiger partial charge is 0.358 e. The molecule has 7 heteroatoms. The minimum Gasteiger partial charge on any atom is -0.358 e. The van der Waals surface area contributed by atoms with E-state index in [-0.39, 0.29) is 17.5 Å². The maximum Gasteiger partial charge on any atom is 0.328 e. The summed E-state index contributed by atoms with van der Waals surface area (Å²) in [5.41, 5.74) is -0.138. The van der Waals surface area contributed by atoms with Crippen LogP contribution < -0.4 is 16.6 Å². The Hall–Kier alpha value is -1.89. The van der Waals surface area contributed by atoms with Crippen molar-refractivity contribution in [1.29, 1.82) is 0 Å². The van der Waals surface area contributed by atoms with Crippen molar-refractivity contribution in [3.8, 4) is 0 Å². The molecule has 1 amide bonds. The average Bonchev–Trinajstić information content (AvgIpc) is 2.45. The van der Waals surface area contributed by atoms with Crippen molar-refractivity contribution < 1.29 is 4.79 Å². The zero-order valence-corrected chi connectivity index (χ0v) is 12.5. The van der Waals surface area contributed by atoms with Crippen molar-refractivity contribution in [3.63, 3.8) is 0 Å². The molecule has 0 aromatic carbocycles. The van der Waals surface area contributed by atoms with E-state index in [1.807, 2.05) is 4.90 Å². The summed E-state index contributed by atoms with van der Waals surface area (Å²) in [4.78, 5) is 40.2. The van der Waals surface area contributed by atoms with Gasteiger partial charge < -0.3 is 10.3 Å². The Bertz CT molecular complexity index is 588. The fraction of sp³-hybridized carbons (Fsp3) is 0.643. The molecule has 1 aromatic rings. The second-order valence-corrected chi connectivity index (χ2v) is 5.41. The molecule has 2 rings (SSSR count). The SMILES string of the molecule is CNC(=O)[C@H]1CCCCN1CCn1c(=O)cc(C)[nH]c1=O. The number of piperidine rings is 1. The third-order valence-electron chi connectivity index (χ3n) is 3.93. The highest BCUT2D eigenvalue weighted by molar-refractivity contribution is 5.81. The van der Waals surface area contributed by atoms with Gasteiger partial charge in [-0.25, -0.2) is 4.79 Å². The molecule has 0 bridgehead atoms. The number of nitrogens with zero attached hydrogens (tertiary/aromatic N) is 2. The number of likely N-dealkylation sites (N-methyl/N-ethyl adjacent to an activating group) is 1. The number of aryl methyl sites for hydroxylation is 1. The Morgan fingerprint density at radius 1 is 1.38 bits per heavy atom. The maximum atomic E-state index is 11.9. The summed E-state index contributed by atoms with van der Waals surface area (Å²) in [6, 6.07) is 1.25. The standard InChI is InChI=1S/C14H22N4O3/c1-10-9-12(19)18(14(21)16-10)8-7-17-6-4-3-5-11(17)13(20)15-2/h9,11H,3-8H2,1-2H3,(H,15,20)(H,16,21)/t11-/m1/s1. The number of hydrogen-bond donors (Lipinski definition) is 2. The Kier molecular flexibility index (Phi) is 4.95. The second kappa shape index (κ2) is 6.71. The summed E-state index contributed by atoms with van der Waals surface area (Å²) in [6.07, 6.45) is 2.88. The quantitative estimate of drug-likeness (QED) is 0.780. The van der Waals surface area contributed by atoms with E-state index in [2.05, 4.69) is 10.3 Å². The summed E-state index contributed by atoms with van der Waals surface area (Å²) >= 11 is 0. The molecule has 1 aliphatic rings. The Labute approximate surface area is 123 Å². The van der Waals surface area contributed by atoms with E-state index < -0.39 is 5.69 Å². The van der Waals surface area contributed by atoms with E-state index in [4.69, 9.17) is 0 Å². The molecule has 116 valence electrons. The van der Waals surface area contributed by atoms with Crippen LogP contribution in [0.3, 0.4) is 0 Å². The molecule has 7 nitrogen and oxygen atoms in total. The van der Waals surface area contributed by atoms with Gasteiger partial charge in [-0.05, 0) is 26.3 Å². The first-order valence-corrected chi connectivity index (χ1v) is 7.29. The monoisotopic (exact) mass is 294 g/mol. The first-order chi connectivity index (χ1) is 10.0. The number of likely N-dealkylation sites (tertiary alicyclic amines) is 1. The summed E-state index contributed by atoms with van der Waals surface area (Å²) in [7, 11) is 1.63. The number of aromatic nitrogens is 2. The molecule has 21 heavy (non-hydrogen) atoms. The van der Waals surface area contributed by atoms with Gasteiger partial charge in [0.15, 0.2) is 0 Å². The lowest BCUT2D eigenvalue weighted by Gasteiger charge is -2.34. The first-order valence-electron chi connectivity index (χ1n) is 7.29. The van der Waals surface area contributed by atoms with Gasteiger partial charge in [-0.1, -0.05) is 6.42 Å². The van der Waals surface area contributed by atoms with Crippen molar-refractivity contribution in [1.82, 2.24) is 19.8 Å². The number of carbonyl (C=O) groups excluding carboxylic acids is 1. The van der Waals surface area contributed by atoms with Gasteiger partial charge in [0.1, 0.15) is 0 Å². The molecule has 1 aromatic heterocycles. The second-order valence-electron chi connectivity index (χ2n) is 5.41.